The summed E-state index contributed by atoms with van der Waals surface area (Å²) in [6.45, 7) is 1.08. The van der Waals surface area contributed by atoms with Crippen LogP contribution < -0.4 is 0 Å². The highest BCUT2D eigenvalue weighted by Crippen LogP contribution is 2.37. The highest BCUT2D eigenvalue weighted by molar-refractivity contribution is 8.26. The van der Waals surface area contributed by atoms with Crippen molar-refractivity contribution in [2.45, 2.75) is 19.4 Å². The number of aliphatic carboxylic acids is 1. The highest BCUT2D eigenvalue weighted by Gasteiger charge is 2.42. The second-order valence-corrected chi connectivity index (χ2v) is 9.85. The predicted octanol–water partition coefficient (Wildman–Crippen LogP) is 2.07. The number of amides is 1. The minimum atomic E-state index is -3.15. The molecule has 3 rings (SSSR count). The second-order valence-electron chi connectivity index (χ2n) is 5.94. The van der Waals surface area contributed by atoms with Crippen LogP contribution in [-0.2, 0) is 19.4 Å². The van der Waals surface area contributed by atoms with Gasteiger partial charge < -0.3 is 5.11 Å². The Morgan fingerprint density at radius 3 is 2.57 bits per heavy atom. The van der Waals surface area contributed by atoms with E-state index in [1.807, 2.05) is 0 Å². The number of carbonyl (C=O) groups is 2. The lowest BCUT2D eigenvalue weighted by molar-refractivity contribution is -0.385. The van der Waals surface area contributed by atoms with Gasteiger partial charge >= 0.3 is 0 Å². The zero-order valence-corrected chi connectivity index (χ0v) is 17.1. The molecule has 1 aromatic rings. The lowest BCUT2D eigenvalue weighted by Gasteiger charge is -2.20. The Bertz CT molecular complexity index is 968. The number of nitrogens with zero attached hydrogens (tertiary/aromatic N) is 2. The van der Waals surface area contributed by atoms with Gasteiger partial charge in [-0.15, -0.1) is 0 Å². The fourth-order valence-corrected chi connectivity index (χ4v) is 5.78. The third-order valence-electron chi connectivity index (χ3n) is 3.82. The van der Waals surface area contributed by atoms with Crippen LogP contribution in [0.5, 0.6) is 0 Å². The molecule has 2 aliphatic rings. The van der Waals surface area contributed by atoms with Crippen molar-refractivity contribution in [2.24, 2.45) is 0 Å². The van der Waals surface area contributed by atoms with Crippen molar-refractivity contribution in [1.82, 2.24) is 4.90 Å². The first-order valence-electron chi connectivity index (χ1n) is 7.92. The Kier molecular flexibility index (Phi) is 6.91. The standard InChI is InChI=1S/C14H12N2O5S3.C2H4O2/c17-13-12(7-9-3-1-2-4-11(9)16(18)19)23-14(22)15(13)10-5-6-24(20,21)8-10;1-2(3)4/h1-4,7,10H,5-6,8H2;1H3,(H,3,4). The summed E-state index contributed by atoms with van der Waals surface area (Å²) in [5.41, 5.74) is 0.202. The van der Waals surface area contributed by atoms with E-state index >= 15 is 0 Å². The summed E-state index contributed by atoms with van der Waals surface area (Å²) in [7, 11) is -3.15. The molecule has 0 aliphatic carbocycles. The maximum atomic E-state index is 12.6. The van der Waals surface area contributed by atoms with Gasteiger partial charge in [0, 0.05) is 13.0 Å². The first-order chi connectivity index (χ1) is 13.0. The van der Waals surface area contributed by atoms with Crippen molar-refractivity contribution in [3.63, 3.8) is 0 Å². The van der Waals surface area contributed by atoms with Crippen molar-refractivity contribution in [3.8, 4) is 0 Å². The smallest absolute Gasteiger partial charge is 0.300 e. The van der Waals surface area contributed by atoms with E-state index < -0.39 is 32.7 Å². The molecule has 1 aromatic carbocycles. The van der Waals surface area contributed by atoms with Crippen molar-refractivity contribution < 1.29 is 28.0 Å². The number of hydrogen-bond donors (Lipinski definition) is 1. The number of hydrogen-bond acceptors (Lipinski definition) is 8. The molecule has 1 N–H and O–H groups in total. The Labute approximate surface area is 170 Å². The van der Waals surface area contributed by atoms with Crippen LogP contribution in [-0.4, -0.2) is 57.1 Å². The van der Waals surface area contributed by atoms with Crippen molar-refractivity contribution >= 4 is 61.8 Å². The Balaban J connectivity index is 0.000000640. The van der Waals surface area contributed by atoms with Crippen LogP contribution >= 0.6 is 24.0 Å². The molecule has 1 unspecified atom stereocenters. The number of carboxylic acid groups (broad SMARTS) is 1. The largest absolute Gasteiger partial charge is 0.481 e. The molecular weight excluding hydrogens is 428 g/mol. The van der Waals surface area contributed by atoms with Crippen LogP contribution in [0.25, 0.3) is 6.08 Å². The van der Waals surface area contributed by atoms with Crippen molar-refractivity contribution in [1.29, 1.82) is 0 Å². The van der Waals surface area contributed by atoms with Gasteiger partial charge in [-0.2, -0.15) is 0 Å². The Morgan fingerprint density at radius 1 is 1.43 bits per heavy atom. The van der Waals surface area contributed by atoms with Gasteiger partial charge in [0.05, 0.1) is 32.9 Å². The third kappa shape index (κ3) is 5.36. The minimum absolute atomic E-state index is 0.0396. The normalized spacial score (nSPS) is 22.1. The van der Waals surface area contributed by atoms with Gasteiger partial charge in [-0.25, -0.2) is 8.42 Å². The molecule has 2 saturated heterocycles. The van der Waals surface area contributed by atoms with Crippen LogP contribution in [0.1, 0.15) is 18.9 Å². The van der Waals surface area contributed by atoms with Gasteiger partial charge in [0.25, 0.3) is 17.6 Å². The summed E-state index contributed by atoms with van der Waals surface area (Å²) in [4.78, 5) is 33.7. The number of thiocarbonyl (C=S) groups is 1. The van der Waals surface area contributed by atoms with E-state index in [1.165, 1.54) is 17.0 Å². The first kappa shape index (κ1) is 22.0. The number of nitro groups is 1. The molecule has 1 atom stereocenters. The maximum Gasteiger partial charge on any atom is 0.300 e. The molecular formula is C16H16N2O7S3. The summed E-state index contributed by atoms with van der Waals surface area (Å²) < 4.78 is 23.5. The molecule has 9 nitrogen and oxygen atoms in total. The fraction of sp³-hybridized carbons (Fsp3) is 0.312. The number of para-hydroxylation sites is 1. The monoisotopic (exact) mass is 444 g/mol. The quantitative estimate of drug-likeness (QED) is 0.322. The highest BCUT2D eigenvalue weighted by atomic mass is 32.2. The number of thioether (sulfide) groups is 1. The first-order valence-corrected chi connectivity index (χ1v) is 11.0. The number of carboxylic acids is 1. The molecule has 0 aromatic heterocycles. The molecule has 2 aliphatic heterocycles. The molecule has 0 radical (unpaired) electrons. The second kappa shape index (κ2) is 8.80. The number of carbonyl (C=O) groups excluding carboxylic acids is 1. The molecule has 0 spiro atoms. The summed E-state index contributed by atoms with van der Waals surface area (Å²) >= 11 is 6.24. The molecule has 2 heterocycles. The summed E-state index contributed by atoms with van der Waals surface area (Å²) in [6, 6.07) is 5.63. The third-order valence-corrected chi connectivity index (χ3v) is 6.90. The van der Waals surface area contributed by atoms with E-state index in [1.54, 1.807) is 18.2 Å². The zero-order valence-electron chi connectivity index (χ0n) is 14.6. The van der Waals surface area contributed by atoms with E-state index in [-0.39, 0.29) is 26.4 Å². The molecule has 150 valence electrons. The predicted molar refractivity (Wildman–Crippen MR) is 108 cm³/mol. The fourth-order valence-electron chi connectivity index (χ4n) is 2.69. The molecule has 2 fully saturated rings. The van der Waals surface area contributed by atoms with Gasteiger partial charge in [-0.3, -0.25) is 24.6 Å². The summed E-state index contributed by atoms with van der Waals surface area (Å²) in [5, 5.41) is 18.5. The van der Waals surface area contributed by atoms with E-state index in [9.17, 15) is 23.3 Å². The van der Waals surface area contributed by atoms with E-state index in [2.05, 4.69) is 0 Å². The summed E-state index contributed by atoms with van der Waals surface area (Å²) in [5.74, 6) is -1.29. The van der Waals surface area contributed by atoms with Gasteiger partial charge in [0.1, 0.15) is 4.32 Å². The lowest BCUT2D eigenvalue weighted by atomic mass is 10.1. The number of nitro benzene ring substituents is 1. The molecule has 0 saturated carbocycles. The van der Waals surface area contributed by atoms with Gasteiger partial charge in [-0.1, -0.05) is 36.1 Å². The number of rotatable bonds is 3. The van der Waals surface area contributed by atoms with Crippen LogP contribution in [0.15, 0.2) is 29.2 Å². The molecule has 28 heavy (non-hydrogen) atoms. The van der Waals surface area contributed by atoms with Crippen molar-refractivity contribution in [2.75, 3.05) is 11.5 Å². The minimum Gasteiger partial charge on any atom is -0.481 e. The Morgan fingerprint density at radius 2 is 2.04 bits per heavy atom. The van der Waals surface area contributed by atoms with Crippen LogP contribution in [0.4, 0.5) is 5.69 Å². The zero-order chi connectivity index (χ0) is 21.1. The Hall–Kier alpha value is -2.31. The molecule has 0 bridgehead atoms. The SMILES string of the molecule is CC(=O)O.O=C1C(=Cc2ccccc2[N+](=O)[O-])SC(=S)N1C1CCS(=O)(=O)C1. The number of sulfone groups is 1. The lowest BCUT2D eigenvalue weighted by Crippen LogP contribution is -2.39. The van der Waals surface area contributed by atoms with E-state index in [0.717, 1.165) is 18.7 Å². The number of benzene rings is 1. The van der Waals surface area contributed by atoms with Crippen LogP contribution in [0.2, 0.25) is 0 Å². The van der Waals surface area contributed by atoms with E-state index in [4.69, 9.17) is 22.1 Å². The van der Waals surface area contributed by atoms with Crippen LogP contribution in [0.3, 0.4) is 0 Å². The average Bonchev–Trinajstić information content (AvgIpc) is 3.06. The van der Waals surface area contributed by atoms with Crippen molar-refractivity contribution in [3.05, 3.63) is 44.8 Å². The van der Waals surface area contributed by atoms with Gasteiger partial charge in [0.2, 0.25) is 0 Å². The molecule has 1 amide bonds. The maximum absolute atomic E-state index is 12.6. The van der Waals surface area contributed by atoms with Gasteiger partial charge in [0.15, 0.2) is 9.84 Å². The molecule has 12 heteroatoms. The summed E-state index contributed by atoms with van der Waals surface area (Å²) in [6.07, 6.45) is 1.79. The van der Waals surface area contributed by atoms with E-state index in [0.29, 0.717) is 12.0 Å². The average molecular weight is 445 g/mol. The topological polar surface area (TPSA) is 135 Å². The van der Waals surface area contributed by atoms with Gasteiger partial charge in [-0.05, 0) is 18.6 Å². The van der Waals surface area contributed by atoms with Crippen LogP contribution in [0, 0.1) is 10.1 Å².